The Bertz CT molecular complexity index is 883. The molecule has 2 heterocycles. The summed E-state index contributed by atoms with van der Waals surface area (Å²) in [6.45, 7) is 3.18. The zero-order valence-electron chi connectivity index (χ0n) is 14.1. The maximum absolute atomic E-state index is 12.5. The molecule has 1 N–H and O–H groups in total. The minimum absolute atomic E-state index is 0.107. The molecule has 1 saturated heterocycles. The first-order chi connectivity index (χ1) is 12.3. The van der Waals surface area contributed by atoms with Gasteiger partial charge in [-0.3, -0.25) is 15.0 Å². The van der Waals surface area contributed by atoms with Gasteiger partial charge in [0.25, 0.3) is 5.91 Å². The van der Waals surface area contributed by atoms with E-state index in [0.29, 0.717) is 10.7 Å². The predicted molar refractivity (Wildman–Crippen MR) is 103 cm³/mol. The molecule has 0 atom stereocenters. The number of piperidine rings is 1. The van der Waals surface area contributed by atoms with E-state index in [4.69, 9.17) is 0 Å². The largest absolute Gasteiger partial charge is 0.298 e. The molecule has 4 rings (SSSR count). The molecule has 1 aromatic heterocycles. The van der Waals surface area contributed by atoms with Gasteiger partial charge in [0.1, 0.15) is 0 Å². The lowest BCUT2D eigenvalue weighted by Crippen LogP contribution is -2.29. The number of aromatic nitrogens is 1. The van der Waals surface area contributed by atoms with Crippen LogP contribution in [0, 0.1) is 0 Å². The Morgan fingerprint density at radius 1 is 1.08 bits per heavy atom. The van der Waals surface area contributed by atoms with Gasteiger partial charge in [-0.05, 0) is 48.8 Å². The van der Waals surface area contributed by atoms with Gasteiger partial charge >= 0.3 is 0 Å². The van der Waals surface area contributed by atoms with Gasteiger partial charge in [0.05, 0.1) is 5.69 Å². The van der Waals surface area contributed by atoms with Crippen LogP contribution >= 0.6 is 11.3 Å². The topological polar surface area (TPSA) is 45.2 Å². The third-order valence-electron chi connectivity index (χ3n) is 4.62. The van der Waals surface area contributed by atoms with Crippen molar-refractivity contribution in [1.82, 2.24) is 9.88 Å². The van der Waals surface area contributed by atoms with Crippen LogP contribution in [0.2, 0.25) is 0 Å². The number of nitrogens with zero attached hydrogens (tertiary/aromatic N) is 2. The Hall–Kier alpha value is -2.24. The molecule has 0 radical (unpaired) electrons. The Labute approximate surface area is 151 Å². The molecule has 0 saturated carbocycles. The third-order valence-corrected chi connectivity index (χ3v) is 5.42. The molecular formula is C20H21N3OS. The Balaban J connectivity index is 1.43. The molecule has 0 bridgehead atoms. The average Bonchev–Trinajstić information content (AvgIpc) is 3.09. The van der Waals surface area contributed by atoms with Gasteiger partial charge in [-0.25, -0.2) is 4.98 Å². The lowest BCUT2D eigenvalue weighted by molar-refractivity contribution is 0.102. The fourth-order valence-corrected chi connectivity index (χ4v) is 3.98. The van der Waals surface area contributed by atoms with E-state index in [1.165, 1.54) is 30.6 Å². The number of anilines is 1. The van der Waals surface area contributed by atoms with Crippen molar-refractivity contribution in [2.75, 3.05) is 18.4 Å². The summed E-state index contributed by atoms with van der Waals surface area (Å²) in [5, 5.41) is 7.85. The van der Waals surface area contributed by atoms with Crippen molar-refractivity contribution < 1.29 is 4.79 Å². The third kappa shape index (κ3) is 3.89. The van der Waals surface area contributed by atoms with Gasteiger partial charge in [-0.1, -0.05) is 36.8 Å². The first kappa shape index (κ1) is 16.2. The highest BCUT2D eigenvalue weighted by Crippen LogP contribution is 2.21. The SMILES string of the molecule is O=C(Nc1nc(CN2CCCCC2)cs1)c1ccc2ccccc2c1. The van der Waals surface area contributed by atoms with Gasteiger partial charge in [-0.2, -0.15) is 0 Å². The van der Waals surface area contributed by atoms with Crippen molar-refractivity contribution in [3.05, 3.63) is 59.1 Å². The Kier molecular flexibility index (Phi) is 4.76. The van der Waals surface area contributed by atoms with Crippen molar-refractivity contribution in [2.24, 2.45) is 0 Å². The first-order valence-electron chi connectivity index (χ1n) is 8.75. The molecule has 1 aliphatic rings. The Morgan fingerprint density at radius 3 is 2.72 bits per heavy atom. The maximum Gasteiger partial charge on any atom is 0.257 e. The van der Waals surface area contributed by atoms with E-state index >= 15 is 0 Å². The molecule has 1 aliphatic heterocycles. The molecular weight excluding hydrogens is 330 g/mol. The normalized spacial score (nSPS) is 15.4. The molecule has 1 amide bonds. The summed E-state index contributed by atoms with van der Waals surface area (Å²) < 4.78 is 0. The highest BCUT2D eigenvalue weighted by atomic mass is 32.1. The predicted octanol–water partition coefficient (Wildman–Crippen LogP) is 4.53. The van der Waals surface area contributed by atoms with Crippen molar-refractivity contribution in [2.45, 2.75) is 25.8 Å². The number of benzene rings is 2. The Morgan fingerprint density at radius 2 is 1.88 bits per heavy atom. The number of carbonyl (C=O) groups excluding carboxylic acids is 1. The molecule has 3 aromatic rings. The molecule has 25 heavy (non-hydrogen) atoms. The van der Waals surface area contributed by atoms with Crippen molar-refractivity contribution in [1.29, 1.82) is 0 Å². The summed E-state index contributed by atoms with van der Waals surface area (Å²) >= 11 is 1.50. The summed E-state index contributed by atoms with van der Waals surface area (Å²) in [6.07, 6.45) is 3.88. The zero-order chi connectivity index (χ0) is 17.1. The highest BCUT2D eigenvalue weighted by Gasteiger charge is 2.14. The van der Waals surface area contributed by atoms with Crippen LogP contribution in [0.1, 0.15) is 35.3 Å². The second-order valence-corrected chi connectivity index (χ2v) is 7.35. The molecule has 1 fully saturated rings. The van der Waals surface area contributed by atoms with Crippen LogP contribution in [0.4, 0.5) is 5.13 Å². The number of amides is 1. The van der Waals surface area contributed by atoms with Crippen LogP contribution in [-0.2, 0) is 6.54 Å². The lowest BCUT2D eigenvalue weighted by Gasteiger charge is -2.25. The number of rotatable bonds is 4. The quantitative estimate of drug-likeness (QED) is 0.751. The number of nitrogens with one attached hydrogen (secondary N) is 1. The van der Waals surface area contributed by atoms with E-state index in [2.05, 4.69) is 15.2 Å². The van der Waals surface area contributed by atoms with Crippen LogP contribution in [0.15, 0.2) is 47.8 Å². The number of carbonyl (C=O) groups is 1. The van der Waals surface area contributed by atoms with Gasteiger partial charge in [0.15, 0.2) is 5.13 Å². The summed E-state index contributed by atoms with van der Waals surface area (Å²) in [5.41, 5.74) is 1.70. The standard InChI is InChI=1S/C20H21N3OS/c24-19(17-9-8-15-6-2-3-7-16(15)12-17)22-20-21-18(14-25-20)13-23-10-4-1-5-11-23/h2-3,6-9,12,14H,1,4-5,10-11,13H2,(H,21,22,24). The molecule has 0 spiro atoms. The number of thiazole rings is 1. The lowest BCUT2D eigenvalue weighted by atomic mass is 10.1. The van der Waals surface area contributed by atoms with E-state index in [0.717, 1.165) is 36.1 Å². The zero-order valence-corrected chi connectivity index (χ0v) is 14.9. The van der Waals surface area contributed by atoms with Crippen molar-refractivity contribution in [3.63, 3.8) is 0 Å². The molecule has 2 aromatic carbocycles. The fraction of sp³-hybridized carbons (Fsp3) is 0.300. The van der Waals surface area contributed by atoms with Gasteiger partial charge < -0.3 is 0 Å². The van der Waals surface area contributed by atoms with E-state index in [9.17, 15) is 4.79 Å². The van der Waals surface area contributed by atoms with Crippen molar-refractivity contribution >= 4 is 33.1 Å². The number of fused-ring (bicyclic) bond motifs is 1. The monoisotopic (exact) mass is 351 g/mol. The molecule has 4 nitrogen and oxygen atoms in total. The summed E-state index contributed by atoms with van der Waals surface area (Å²) in [4.78, 5) is 19.5. The highest BCUT2D eigenvalue weighted by molar-refractivity contribution is 7.14. The van der Waals surface area contributed by atoms with Crippen LogP contribution in [0.25, 0.3) is 10.8 Å². The summed E-state index contributed by atoms with van der Waals surface area (Å²) in [6, 6.07) is 13.8. The molecule has 128 valence electrons. The molecule has 0 aliphatic carbocycles. The fourth-order valence-electron chi connectivity index (χ4n) is 3.28. The van der Waals surface area contributed by atoms with Crippen LogP contribution in [0.5, 0.6) is 0 Å². The maximum atomic E-state index is 12.5. The van der Waals surface area contributed by atoms with Crippen LogP contribution in [0.3, 0.4) is 0 Å². The van der Waals surface area contributed by atoms with Crippen LogP contribution in [-0.4, -0.2) is 28.9 Å². The van der Waals surface area contributed by atoms with Gasteiger partial charge in [-0.15, -0.1) is 11.3 Å². The number of hydrogen-bond donors (Lipinski definition) is 1. The summed E-state index contributed by atoms with van der Waals surface area (Å²) in [5.74, 6) is -0.107. The molecule has 5 heteroatoms. The summed E-state index contributed by atoms with van der Waals surface area (Å²) in [7, 11) is 0. The van der Waals surface area contributed by atoms with Gasteiger partial charge in [0.2, 0.25) is 0 Å². The van der Waals surface area contributed by atoms with E-state index in [-0.39, 0.29) is 5.91 Å². The van der Waals surface area contributed by atoms with E-state index in [1.54, 1.807) is 0 Å². The molecule has 0 unspecified atom stereocenters. The van der Waals surface area contributed by atoms with Crippen LogP contribution < -0.4 is 5.32 Å². The van der Waals surface area contributed by atoms with Gasteiger partial charge in [0, 0.05) is 17.5 Å². The minimum Gasteiger partial charge on any atom is -0.298 e. The number of likely N-dealkylation sites (tertiary alicyclic amines) is 1. The first-order valence-corrected chi connectivity index (χ1v) is 9.63. The average molecular weight is 351 g/mol. The second-order valence-electron chi connectivity index (χ2n) is 6.50. The smallest absolute Gasteiger partial charge is 0.257 e. The van der Waals surface area contributed by atoms with E-state index in [1.807, 2.05) is 47.8 Å². The number of hydrogen-bond acceptors (Lipinski definition) is 4. The second kappa shape index (κ2) is 7.33. The van der Waals surface area contributed by atoms with Crippen molar-refractivity contribution in [3.8, 4) is 0 Å². The van der Waals surface area contributed by atoms with E-state index < -0.39 is 0 Å². The minimum atomic E-state index is -0.107.